The normalized spacial score (nSPS) is 27.6. The largest absolute Gasteiger partial charge is 0.573 e. The maximum atomic E-state index is 12.1. The van der Waals surface area contributed by atoms with Crippen LogP contribution in [0.15, 0.2) is 24.3 Å². The third-order valence-corrected chi connectivity index (χ3v) is 4.56. The monoisotopic (exact) mass is 300 g/mol. The van der Waals surface area contributed by atoms with Crippen molar-refractivity contribution < 1.29 is 17.9 Å². The fourth-order valence-electron chi connectivity index (χ4n) is 3.37. The number of nitrogens with zero attached hydrogens (tertiary/aromatic N) is 1. The summed E-state index contributed by atoms with van der Waals surface area (Å²) in [4.78, 5) is 2.41. The Balaban J connectivity index is 1.64. The zero-order valence-electron chi connectivity index (χ0n) is 11.9. The lowest BCUT2D eigenvalue weighted by Gasteiger charge is -2.25. The summed E-state index contributed by atoms with van der Waals surface area (Å²) in [6.07, 6.45) is -4.63. The molecule has 2 saturated heterocycles. The smallest absolute Gasteiger partial charge is 0.406 e. The number of halogens is 3. The molecule has 0 aromatic heterocycles. The molecule has 1 unspecified atom stereocenters. The molecule has 6 heteroatoms. The molecular formula is C15H19F3N2O. The van der Waals surface area contributed by atoms with Crippen molar-refractivity contribution in [3.8, 4) is 5.75 Å². The van der Waals surface area contributed by atoms with E-state index >= 15 is 0 Å². The summed E-state index contributed by atoms with van der Waals surface area (Å²) >= 11 is 0. The van der Waals surface area contributed by atoms with Gasteiger partial charge in [0.25, 0.3) is 0 Å². The molecule has 0 spiro atoms. The number of hydrogen-bond acceptors (Lipinski definition) is 3. The van der Waals surface area contributed by atoms with E-state index in [2.05, 4.69) is 21.9 Å². The first-order valence-corrected chi connectivity index (χ1v) is 7.23. The average molecular weight is 300 g/mol. The van der Waals surface area contributed by atoms with Gasteiger partial charge in [-0.1, -0.05) is 12.1 Å². The van der Waals surface area contributed by atoms with Crippen LogP contribution in [0, 0.1) is 11.8 Å². The first-order valence-electron chi connectivity index (χ1n) is 7.23. The van der Waals surface area contributed by atoms with Crippen LogP contribution in [0.5, 0.6) is 5.75 Å². The van der Waals surface area contributed by atoms with E-state index in [1.165, 1.54) is 12.1 Å². The second kappa shape index (κ2) is 5.50. The van der Waals surface area contributed by atoms with Crippen LogP contribution in [0.1, 0.15) is 18.5 Å². The summed E-state index contributed by atoms with van der Waals surface area (Å²) in [5.74, 6) is 1.25. The quantitative estimate of drug-likeness (QED) is 0.929. The number of nitrogens with one attached hydrogen (secondary N) is 1. The van der Waals surface area contributed by atoms with Crippen LogP contribution in [0.25, 0.3) is 0 Å². The maximum absolute atomic E-state index is 12.1. The number of hydrogen-bond donors (Lipinski definition) is 1. The van der Waals surface area contributed by atoms with Crippen molar-refractivity contribution >= 4 is 0 Å². The minimum absolute atomic E-state index is 0.166. The van der Waals surface area contributed by atoms with E-state index in [0.29, 0.717) is 11.8 Å². The molecule has 0 aliphatic carbocycles. The Morgan fingerprint density at radius 1 is 1.14 bits per heavy atom. The Kier molecular flexibility index (Phi) is 3.84. The van der Waals surface area contributed by atoms with Crippen LogP contribution in [-0.4, -0.2) is 37.4 Å². The second-order valence-electron chi connectivity index (χ2n) is 5.93. The van der Waals surface area contributed by atoms with Gasteiger partial charge in [-0.05, 0) is 49.5 Å². The first-order chi connectivity index (χ1) is 9.92. The predicted molar refractivity (Wildman–Crippen MR) is 73.0 cm³/mol. The molecule has 2 fully saturated rings. The Hall–Kier alpha value is -1.27. The molecule has 2 aliphatic heterocycles. The van der Waals surface area contributed by atoms with Crippen LogP contribution in [0.4, 0.5) is 13.2 Å². The minimum atomic E-state index is -4.63. The van der Waals surface area contributed by atoms with Crippen molar-refractivity contribution in [1.82, 2.24) is 10.2 Å². The van der Waals surface area contributed by atoms with Gasteiger partial charge in [0.05, 0.1) is 0 Å². The van der Waals surface area contributed by atoms with Gasteiger partial charge in [0.15, 0.2) is 0 Å². The molecule has 2 aliphatic rings. The van der Waals surface area contributed by atoms with E-state index < -0.39 is 6.36 Å². The van der Waals surface area contributed by atoms with Crippen LogP contribution in [0.3, 0.4) is 0 Å². The zero-order valence-corrected chi connectivity index (χ0v) is 11.9. The van der Waals surface area contributed by atoms with Gasteiger partial charge < -0.3 is 10.1 Å². The second-order valence-corrected chi connectivity index (χ2v) is 5.93. The number of alkyl halides is 3. The van der Waals surface area contributed by atoms with E-state index in [-0.39, 0.29) is 11.8 Å². The molecule has 0 bridgehead atoms. The van der Waals surface area contributed by atoms with E-state index in [1.54, 1.807) is 12.1 Å². The zero-order chi connectivity index (χ0) is 15.0. The Morgan fingerprint density at radius 3 is 2.24 bits per heavy atom. The first kappa shape index (κ1) is 14.7. The lowest BCUT2D eigenvalue weighted by Crippen LogP contribution is -2.28. The number of ether oxygens (including phenoxy) is 1. The number of benzene rings is 1. The highest BCUT2D eigenvalue weighted by molar-refractivity contribution is 5.29. The third-order valence-electron chi connectivity index (χ3n) is 4.56. The summed E-state index contributed by atoms with van der Waals surface area (Å²) in [6.45, 7) is 6.37. The Labute approximate surface area is 122 Å². The summed E-state index contributed by atoms with van der Waals surface area (Å²) in [5.41, 5.74) is 1.03. The molecule has 21 heavy (non-hydrogen) atoms. The summed E-state index contributed by atoms with van der Waals surface area (Å²) in [5, 5.41) is 3.40. The van der Waals surface area contributed by atoms with Gasteiger partial charge in [-0.3, -0.25) is 4.90 Å². The van der Waals surface area contributed by atoms with Crippen molar-refractivity contribution in [2.75, 3.05) is 26.2 Å². The topological polar surface area (TPSA) is 24.5 Å². The van der Waals surface area contributed by atoms with Crippen molar-refractivity contribution in [1.29, 1.82) is 0 Å². The van der Waals surface area contributed by atoms with Crippen LogP contribution in [0.2, 0.25) is 0 Å². The fourth-order valence-corrected chi connectivity index (χ4v) is 3.37. The highest BCUT2D eigenvalue weighted by atomic mass is 19.4. The van der Waals surface area contributed by atoms with Gasteiger partial charge >= 0.3 is 6.36 Å². The predicted octanol–water partition coefficient (Wildman–Crippen LogP) is 2.80. The van der Waals surface area contributed by atoms with E-state index in [1.807, 2.05) is 0 Å². The summed E-state index contributed by atoms with van der Waals surface area (Å²) in [6, 6.07) is 6.43. The number of likely N-dealkylation sites (tertiary alicyclic amines) is 1. The van der Waals surface area contributed by atoms with Crippen molar-refractivity contribution in [3.05, 3.63) is 29.8 Å². The molecule has 3 rings (SSSR count). The molecule has 1 aromatic carbocycles. The molecule has 0 radical (unpaired) electrons. The molecule has 3 nitrogen and oxygen atoms in total. The molecule has 116 valence electrons. The lowest BCUT2D eigenvalue weighted by atomic mass is 10.0. The maximum Gasteiger partial charge on any atom is 0.573 e. The van der Waals surface area contributed by atoms with Gasteiger partial charge in [-0.2, -0.15) is 0 Å². The van der Waals surface area contributed by atoms with E-state index in [0.717, 1.165) is 31.7 Å². The molecular weight excluding hydrogens is 281 g/mol. The summed E-state index contributed by atoms with van der Waals surface area (Å²) < 4.78 is 40.3. The molecule has 3 atom stereocenters. The fraction of sp³-hybridized carbons (Fsp3) is 0.600. The van der Waals surface area contributed by atoms with Crippen molar-refractivity contribution in [3.63, 3.8) is 0 Å². The number of rotatable bonds is 3. The number of fused-ring (bicyclic) bond motifs is 1. The molecule has 0 amide bonds. The molecule has 0 saturated carbocycles. The van der Waals surface area contributed by atoms with E-state index in [4.69, 9.17) is 0 Å². The minimum Gasteiger partial charge on any atom is -0.406 e. The lowest BCUT2D eigenvalue weighted by molar-refractivity contribution is -0.274. The van der Waals surface area contributed by atoms with Crippen LogP contribution >= 0.6 is 0 Å². The van der Waals surface area contributed by atoms with Gasteiger partial charge in [-0.25, -0.2) is 0 Å². The van der Waals surface area contributed by atoms with Gasteiger partial charge in [0, 0.05) is 19.1 Å². The third kappa shape index (κ3) is 3.32. The Morgan fingerprint density at radius 2 is 1.71 bits per heavy atom. The molecule has 1 N–H and O–H groups in total. The van der Waals surface area contributed by atoms with Gasteiger partial charge in [0.1, 0.15) is 5.75 Å². The highest BCUT2D eigenvalue weighted by Gasteiger charge is 2.38. The van der Waals surface area contributed by atoms with Crippen molar-refractivity contribution in [2.45, 2.75) is 19.3 Å². The SMILES string of the molecule is CC(c1ccc(OC(F)(F)F)cc1)N1C[C@H]2CNC[C@H]2C1. The standard InChI is InChI=1S/C15H19F3N2O/c1-10(20-8-12-6-19-7-13(12)9-20)11-2-4-14(5-3-11)21-15(16,17)18/h2-5,10,12-13,19H,6-9H2,1H3/t10?,12-,13+. The van der Waals surface area contributed by atoms with Crippen LogP contribution in [-0.2, 0) is 0 Å². The van der Waals surface area contributed by atoms with Gasteiger partial charge in [0.2, 0.25) is 0 Å². The average Bonchev–Trinajstić information content (AvgIpc) is 2.97. The van der Waals surface area contributed by atoms with E-state index in [9.17, 15) is 13.2 Å². The molecule has 2 heterocycles. The Bertz CT molecular complexity index is 477. The summed E-state index contributed by atoms with van der Waals surface area (Å²) in [7, 11) is 0. The highest BCUT2D eigenvalue weighted by Crippen LogP contribution is 2.33. The van der Waals surface area contributed by atoms with Crippen LogP contribution < -0.4 is 10.1 Å². The van der Waals surface area contributed by atoms with Crippen molar-refractivity contribution in [2.24, 2.45) is 11.8 Å². The van der Waals surface area contributed by atoms with Gasteiger partial charge in [-0.15, -0.1) is 13.2 Å². The molecule has 1 aromatic rings.